The number of methoxy groups -OCH3 is 1. The highest BCUT2D eigenvalue weighted by atomic mass is 16.7. The van der Waals surface area contributed by atoms with Crippen LogP contribution in [0.15, 0.2) is 23.5 Å². The molecule has 2 N–H and O–H groups in total. The number of ketones is 1. The van der Waals surface area contributed by atoms with Crippen molar-refractivity contribution in [2.45, 2.75) is 109 Å². The van der Waals surface area contributed by atoms with Crippen molar-refractivity contribution in [1.82, 2.24) is 0 Å². The number of Topliss-reactive ketones (excluding diaryl/α,β-unsaturated/α-hetero) is 1. The molecule has 0 aromatic carbocycles. The summed E-state index contributed by atoms with van der Waals surface area (Å²) in [7, 11) is 1.51. The maximum absolute atomic E-state index is 12.6. The molecule has 5 aliphatic rings. The number of hydrogen-bond acceptors (Lipinski definition) is 6. The highest BCUT2D eigenvalue weighted by molar-refractivity contribution is 5.96. The SMILES string of the molecule is COC1=C[C@@H](C)O[C@@H](O[C@@H]2CC[C@@]3(C)C(=CC[C@H]4[C@H]5CC[C@](O)([C@H](C)O)[C@@]5(C)CC[C@@H]43)C2)C1=O. The molecule has 1 heterocycles. The number of fused-ring (bicyclic) bond motifs is 5. The molecule has 6 heteroatoms. The average Bonchev–Trinajstić information content (AvgIpc) is 3.08. The largest absolute Gasteiger partial charge is 0.493 e. The van der Waals surface area contributed by atoms with E-state index in [1.165, 1.54) is 12.7 Å². The lowest BCUT2D eigenvalue weighted by Gasteiger charge is -2.59. The summed E-state index contributed by atoms with van der Waals surface area (Å²) in [6.07, 6.45) is 9.87. The molecule has 0 saturated heterocycles. The Balaban J connectivity index is 1.32. The third kappa shape index (κ3) is 3.47. The fraction of sp³-hybridized carbons (Fsp3) is 0.821. The van der Waals surface area contributed by atoms with Crippen molar-refractivity contribution in [3.8, 4) is 0 Å². The van der Waals surface area contributed by atoms with E-state index in [1.54, 1.807) is 13.0 Å². The van der Waals surface area contributed by atoms with Crippen molar-refractivity contribution in [3.05, 3.63) is 23.5 Å². The Hall–Kier alpha value is -1.21. The van der Waals surface area contributed by atoms with Crippen LogP contribution in [0, 0.1) is 28.6 Å². The van der Waals surface area contributed by atoms with Gasteiger partial charge in [-0.1, -0.05) is 25.5 Å². The van der Waals surface area contributed by atoms with Crippen LogP contribution in [0.2, 0.25) is 0 Å². The van der Waals surface area contributed by atoms with Crippen molar-refractivity contribution < 1.29 is 29.2 Å². The summed E-state index contributed by atoms with van der Waals surface area (Å²) in [6.45, 7) is 8.31. The first kappa shape index (κ1) is 24.5. The minimum Gasteiger partial charge on any atom is -0.493 e. The minimum absolute atomic E-state index is 0.0334. The summed E-state index contributed by atoms with van der Waals surface area (Å²) < 4.78 is 17.2. The molecule has 4 aliphatic carbocycles. The van der Waals surface area contributed by atoms with Crippen LogP contribution in [0.25, 0.3) is 0 Å². The molecule has 0 unspecified atom stereocenters. The van der Waals surface area contributed by atoms with E-state index in [1.807, 2.05) is 6.92 Å². The van der Waals surface area contributed by atoms with Gasteiger partial charge in [0, 0.05) is 5.41 Å². The Morgan fingerprint density at radius 3 is 2.59 bits per heavy atom. The molecule has 0 spiro atoms. The van der Waals surface area contributed by atoms with Crippen molar-refractivity contribution in [2.75, 3.05) is 7.11 Å². The first-order valence-electron chi connectivity index (χ1n) is 13.2. The number of aliphatic hydroxyl groups is 2. The average molecular weight is 475 g/mol. The number of aliphatic hydroxyl groups excluding tert-OH is 1. The van der Waals surface area contributed by atoms with E-state index in [-0.39, 0.29) is 28.8 Å². The molecular weight excluding hydrogens is 432 g/mol. The zero-order valence-electron chi connectivity index (χ0n) is 21.4. The Kier molecular flexibility index (Phi) is 6.07. The van der Waals surface area contributed by atoms with Crippen LogP contribution in [0.4, 0.5) is 0 Å². The van der Waals surface area contributed by atoms with E-state index < -0.39 is 18.0 Å². The molecule has 190 valence electrons. The van der Waals surface area contributed by atoms with Gasteiger partial charge in [0.15, 0.2) is 5.76 Å². The molecule has 6 nitrogen and oxygen atoms in total. The van der Waals surface area contributed by atoms with E-state index in [0.717, 1.165) is 44.9 Å². The normalized spacial score (nSPS) is 49.3. The van der Waals surface area contributed by atoms with Gasteiger partial charge in [-0.25, -0.2) is 0 Å². The lowest BCUT2D eigenvalue weighted by molar-refractivity contribution is -0.200. The fourth-order valence-corrected chi connectivity index (χ4v) is 8.63. The summed E-state index contributed by atoms with van der Waals surface area (Å²) in [5.41, 5.74) is 0.416. The Bertz CT molecular complexity index is 893. The van der Waals surface area contributed by atoms with Gasteiger partial charge in [0.05, 0.1) is 31.0 Å². The van der Waals surface area contributed by atoms with E-state index in [2.05, 4.69) is 19.9 Å². The molecule has 0 amide bonds. The zero-order valence-corrected chi connectivity index (χ0v) is 21.4. The van der Waals surface area contributed by atoms with E-state index in [4.69, 9.17) is 14.2 Å². The lowest BCUT2D eigenvalue weighted by atomic mass is 9.46. The second-order valence-electron chi connectivity index (χ2n) is 12.1. The van der Waals surface area contributed by atoms with Gasteiger partial charge in [-0.05, 0) is 94.5 Å². The summed E-state index contributed by atoms with van der Waals surface area (Å²) in [5.74, 6) is 1.69. The fourth-order valence-electron chi connectivity index (χ4n) is 8.63. The van der Waals surface area contributed by atoms with Gasteiger partial charge in [-0.3, -0.25) is 4.79 Å². The maximum Gasteiger partial charge on any atom is 0.252 e. The van der Waals surface area contributed by atoms with Gasteiger partial charge in [-0.2, -0.15) is 0 Å². The van der Waals surface area contributed by atoms with Crippen molar-refractivity contribution >= 4 is 5.78 Å². The summed E-state index contributed by atoms with van der Waals surface area (Å²) >= 11 is 0. The first-order chi connectivity index (χ1) is 16.0. The van der Waals surface area contributed by atoms with Crippen LogP contribution >= 0.6 is 0 Å². The Morgan fingerprint density at radius 2 is 1.88 bits per heavy atom. The number of carbonyl (C=O) groups excluding carboxylic acids is 1. The smallest absolute Gasteiger partial charge is 0.252 e. The van der Waals surface area contributed by atoms with Gasteiger partial charge >= 0.3 is 0 Å². The molecule has 0 aromatic rings. The molecule has 0 radical (unpaired) electrons. The van der Waals surface area contributed by atoms with Gasteiger partial charge in [0.2, 0.25) is 6.29 Å². The predicted molar refractivity (Wildman–Crippen MR) is 128 cm³/mol. The minimum atomic E-state index is -0.974. The Labute approximate surface area is 203 Å². The number of rotatable bonds is 4. The molecular formula is C28H42O6. The van der Waals surface area contributed by atoms with Crippen LogP contribution in [0.5, 0.6) is 0 Å². The lowest BCUT2D eigenvalue weighted by Crippen LogP contribution is -2.58. The van der Waals surface area contributed by atoms with Gasteiger partial charge in [0.25, 0.3) is 5.78 Å². The summed E-state index contributed by atoms with van der Waals surface area (Å²) in [6, 6.07) is 0. The topological polar surface area (TPSA) is 85.2 Å². The summed E-state index contributed by atoms with van der Waals surface area (Å²) in [5, 5.41) is 21.9. The molecule has 3 fully saturated rings. The molecule has 5 rings (SSSR count). The zero-order chi connectivity index (χ0) is 24.5. The Morgan fingerprint density at radius 1 is 1.15 bits per heavy atom. The molecule has 34 heavy (non-hydrogen) atoms. The molecule has 3 saturated carbocycles. The van der Waals surface area contributed by atoms with Gasteiger partial charge in [0.1, 0.15) is 0 Å². The molecule has 0 aromatic heterocycles. The van der Waals surface area contributed by atoms with E-state index >= 15 is 0 Å². The molecule has 1 aliphatic heterocycles. The van der Waals surface area contributed by atoms with E-state index in [0.29, 0.717) is 29.9 Å². The maximum atomic E-state index is 12.6. The van der Waals surface area contributed by atoms with Crippen LogP contribution < -0.4 is 0 Å². The van der Waals surface area contributed by atoms with Crippen LogP contribution in [0.3, 0.4) is 0 Å². The molecule has 10 atom stereocenters. The predicted octanol–water partition coefficient (Wildman–Crippen LogP) is 4.29. The number of allylic oxidation sites excluding steroid dienone is 1. The third-order valence-electron chi connectivity index (χ3n) is 10.7. The quantitative estimate of drug-likeness (QED) is 0.591. The standard InChI is InChI=1S/C28H42O6/c1-16-14-23(32-5)24(30)25(33-16)34-19-8-11-26(3)18(15-19)6-7-20-21(26)9-12-27(4)22(20)10-13-28(27,31)17(2)29/h6,14,16-17,19-22,25,29,31H,7-13,15H2,1-5H3/t16-,17+,19-,20-,21+,22-,25+,26+,27+,28+/m1/s1. The van der Waals surface area contributed by atoms with Crippen molar-refractivity contribution in [2.24, 2.45) is 28.6 Å². The highest BCUT2D eigenvalue weighted by Gasteiger charge is 2.65. The second kappa shape index (κ2) is 8.43. The number of carbonyl (C=O) groups is 1. The third-order valence-corrected chi connectivity index (χ3v) is 10.7. The van der Waals surface area contributed by atoms with Gasteiger partial charge in [-0.15, -0.1) is 0 Å². The van der Waals surface area contributed by atoms with Crippen LogP contribution in [0.1, 0.15) is 79.1 Å². The second-order valence-corrected chi connectivity index (χ2v) is 12.1. The number of ether oxygens (including phenoxy) is 3. The van der Waals surface area contributed by atoms with Crippen molar-refractivity contribution in [1.29, 1.82) is 0 Å². The van der Waals surface area contributed by atoms with Crippen LogP contribution in [-0.2, 0) is 19.0 Å². The summed E-state index contributed by atoms with van der Waals surface area (Å²) in [4.78, 5) is 12.6. The van der Waals surface area contributed by atoms with Crippen LogP contribution in [-0.4, -0.2) is 53.3 Å². The van der Waals surface area contributed by atoms with Crippen molar-refractivity contribution in [3.63, 3.8) is 0 Å². The highest BCUT2D eigenvalue weighted by Crippen LogP contribution is 2.67. The monoisotopic (exact) mass is 474 g/mol. The van der Waals surface area contributed by atoms with Gasteiger partial charge < -0.3 is 24.4 Å². The number of hydrogen-bond donors (Lipinski definition) is 2. The first-order valence-corrected chi connectivity index (χ1v) is 13.2. The van der Waals surface area contributed by atoms with E-state index in [9.17, 15) is 15.0 Å². The molecule has 0 bridgehead atoms.